The minimum Gasteiger partial charge on any atom is -0.495 e. The van der Waals surface area contributed by atoms with Crippen molar-refractivity contribution in [3.8, 4) is 17.0 Å². The zero-order chi connectivity index (χ0) is 15.5. The number of ether oxygens (including phenoxy) is 1. The molecule has 3 rings (SSSR count). The smallest absolute Gasteiger partial charge is 0.187 e. The van der Waals surface area contributed by atoms with Crippen LogP contribution in [0.25, 0.3) is 11.3 Å². The van der Waals surface area contributed by atoms with Crippen molar-refractivity contribution in [2.45, 2.75) is 0 Å². The summed E-state index contributed by atoms with van der Waals surface area (Å²) in [5.74, 6) is 0.654. The first-order valence-electron chi connectivity index (χ1n) is 6.48. The van der Waals surface area contributed by atoms with Gasteiger partial charge < -0.3 is 10.1 Å². The van der Waals surface area contributed by atoms with Gasteiger partial charge in [0.1, 0.15) is 5.75 Å². The van der Waals surface area contributed by atoms with Gasteiger partial charge in [-0.05, 0) is 30.3 Å². The highest BCUT2D eigenvalue weighted by Crippen LogP contribution is 2.31. The second-order valence-corrected chi connectivity index (χ2v) is 6.70. The average Bonchev–Trinajstić information content (AvgIpc) is 2.96. The fourth-order valence-corrected chi connectivity index (χ4v) is 3.38. The van der Waals surface area contributed by atoms with E-state index >= 15 is 0 Å². The van der Waals surface area contributed by atoms with Crippen LogP contribution in [0.15, 0.2) is 52.3 Å². The van der Waals surface area contributed by atoms with Gasteiger partial charge in [-0.15, -0.1) is 11.3 Å². The number of benzene rings is 2. The molecule has 0 aliphatic rings. The third kappa shape index (κ3) is 3.43. The molecule has 22 heavy (non-hydrogen) atoms. The topological polar surface area (TPSA) is 34.1 Å². The number of nitrogens with zero attached hydrogens (tertiary/aromatic N) is 1. The fraction of sp³-hybridized carbons (Fsp3) is 0.0625. The second kappa shape index (κ2) is 6.69. The van der Waals surface area contributed by atoms with Crippen LogP contribution in [0.2, 0.25) is 5.02 Å². The first kappa shape index (κ1) is 15.3. The Hall–Kier alpha value is -1.56. The van der Waals surface area contributed by atoms with Crippen LogP contribution in [0.3, 0.4) is 0 Å². The van der Waals surface area contributed by atoms with Crippen LogP contribution in [0.5, 0.6) is 5.75 Å². The molecule has 112 valence electrons. The molecule has 0 radical (unpaired) electrons. The van der Waals surface area contributed by atoms with E-state index in [2.05, 4.69) is 26.2 Å². The highest BCUT2D eigenvalue weighted by molar-refractivity contribution is 9.10. The molecular formula is C16H12BrClN2OS. The lowest BCUT2D eigenvalue weighted by Crippen LogP contribution is -1.91. The number of thiazole rings is 1. The number of aromatic nitrogens is 1. The zero-order valence-corrected chi connectivity index (χ0v) is 14.8. The van der Waals surface area contributed by atoms with Crippen LogP contribution in [-0.2, 0) is 0 Å². The molecule has 0 fully saturated rings. The van der Waals surface area contributed by atoms with E-state index in [0.717, 1.165) is 26.5 Å². The van der Waals surface area contributed by atoms with Crippen LogP contribution in [-0.4, -0.2) is 12.1 Å². The molecule has 0 aliphatic carbocycles. The van der Waals surface area contributed by atoms with E-state index < -0.39 is 0 Å². The molecule has 3 nitrogen and oxygen atoms in total. The van der Waals surface area contributed by atoms with Gasteiger partial charge in [0.15, 0.2) is 5.13 Å². The monoisotopic (exact) mass is 394 g/mol. The molecule has 6 heteroatoms. The minimum absolute atomic E-state index is 0.566. The van der Waals surface area contributed by atoms with Gasteiger partial charge in [0.05, 0.1) is 17.8 Å². The summed E-state index contributed by atoms with van der Waals surface area (Å²) in [7, 11) is 1.60. The van der Waals surface area contributed by atoms with Gasteiger partial charge in [-0.2, -0.15) is 0 Å². The lowest BCUT2D eigenvalue weighted by atomic mass is 10.2. The van der Waals surface area contributed by atoms with Crippen LogP contribution in [0.1, 0.15) is 0 Å². The molecule has 0 saturated carbocycles. The summed E-state index contributed by atoms with van der Waals surface area (Å²) in [5.41, 5.74) is 2.89. The van der Waals surface area contributed by atoms with Crippen molar-refractivity contribution < 1.29 is 4.74 Å². The Morgan fingerprint density at radius 2 is 2.09 bits per heavy atom. The molecule has 0 atom stereocenters. The van der Waals surface area contributed by atoms with Crippen molar-refractivity contribution in [2.24, 2.45) is 0 Å². The standard InChI is InChI=1S/C16H12BrClN2OS/c1-21-15-6-5-12(8-13(15)18)19-16-20-14(9-22-16)10-3-2-4-11(17)7-10/h2-9H,1H3,(H,19,20). The van der Waals surface area contributed by atoms with Crippen molar-refractivity contribution in [2.75, 3.05) is 12.4 Å². The molecule has 0 amide bonds. The van der Waals surface area contributed by atoms with Crippen molar-refractivity contribution in [1.29, 1.82) is 0 Å². The van der Waals surface area contributed by atoms with E-state index in [-0.39, 0.29) is 0 Å². The first-order valence-corrected chi connectivity index (χ1v) is 8.53. The zero-order valence-electron chi connectivity index (χ0n) is 11.6. The van der Waals surface area contributed by atoms with Gasteiger partial charge >= 0.3 is 0 Å². The Morgan fingerprint density at radius 1 is 1.23 bits per heavy atom. The molecule has 0 aliphatic heterocycles. The number of hydrogen-bond acceptors (Lipinski definition) is 4. The van der Waals surface area contributed by atoms with Crippen molar-refractivity contribution >= 4 is 49.7 Å². The highest BCUT2D eigenvalue weighted by Gasteiger charge is 2.07. The van der Waals surface area contributed by atoms with Gasteiger partial charge in [-0.25, -0.2) is 4.98 Å². The lowest BCUT2D eigenvalue weighted by molar-refractivity contribution is 0.415. The van der Waals surface area contributed by atoms with Gasteiger partial charge in [0.25, 0.3) is 0 Å². The Kier molecular flexibility index (Phi) is 4.66. The number of nitrogens with one attached hydrogen (secondary N) is 1. The molecule has 2 aromatic carbocycles. The number of rotatable bonds is 4. The normalized spacial score (nSPS) is 10.5. The number of hydrogen-bond donors (Lipinski definition) is 1. The van der Waals surface area contributed by atoms with Gasteiger partial charge in [-0.3, -0.25) is 0 Å². The molecular weight excluding hydrogens is 384 g/mol. The van der Waals surface area contributed by atoms with Crippen LogP contribution < -0.4 is 10.1 Å². The van der Waals surface area contributed by atoms with Crippen molar-refractivity contribution in [3.05, 3.63) is 57.3 Å². The van der Waals surface area contributed by atoms with E-state index in [1.165, 1.54) is 0 Å². The Bertz CT molecular complexity index is 806. The number of halogens is 2. The molecule has 0 bridgehead atoms. The molecule has 0 spiro atoms. The third-order valence-corrected chi connectivity index (χ3v) is 4.57. The molecule has 1 heterocycles. The Morgan fingerprint density at radius 3 is 2.82 bits per heavy atom. The number of methoxy groups -OCH3 is 1. The van der Waals surface area contributed by atoms with Gasteiger partial charge in [0, 0.05) is 21.1 Å². The summed E-state index contributed by atoms with van der Waals surface area (Å²) in [6.07, 6.45) is 0. The summed E-state index contributed by atoms with van der Waals surface area (Å²) in [6, 6.07) is 13.6. The summed E-state index contributed by atoms with van der Waals surface area (Å²) in [4.78, 5) is 4.60. The maximum Gasteiger partial charge on any atom is 0.187 e. The lowest BCUT2D eigenvalue weighted by Gasteiger charge is -2.06. The van der Waals surface area contributed by atoms with E-state index in [0.29, 0.717) is 10.8 Å². The second-order valence-electron chi connectivity index (χ2n) is 4.52. The van der Waals surface area contributed by atoms with E-state index in [1.54, 1.807) is 18.4 Å². The predicted molar refractivity (Wildman–Crippen MR) is 96.5 cm³/mol. The summed E-state index contributed by atoms with van der Waals surface area (Å²) >= 11 is 11.2. The van der Waals surface area contributed by atoms with E-state index in [4.69, 9.17) is 16.3 Å². The predicted octanol–water partition coefficient (Wildman–Crippen LogP) is 5.98. The van der Waals surface area contributed by atoms with E-state index in [1.807, 2.05) is 47.8 Å². The average molecular weight is 396 g/mol. The van der Waals surface area contributed by atoms with E-state index in [9.17, 15) is 0 Å². The fourth-order valence-electron chi connectivity index (χ4n) is 1.98. The minimum atomic E-state index is 0.566. The van der Waals surface area contributed by atoms with Gasteiger partial charge in [-0.1, -0.05) is 39.7 Å². The summed E-state index contributed by atoms with van der Waals surface area (Å²) < 4.78 is 6.18. The maximum atomic E-state index is 6.13. The third-order valence-electron chi connectivity index (χ3n) is 3.03. The maximum absolute atomic E-state index is 6.13. The quantitative estimate of drug-likeness (QED) is 0.590. The molecule has 1 aromatic heterocycles. The molecule has 1 N–H and O–H groups in total. The SMILES string of the molecule is COc1ccc(Nc2nc(-c3cccc(Br)c3)cs2)cc1Cl. The molecule has 0 unspecified atom stereocenters. The summed E-state index contributed by atoms with van der Waals surface area (Å²) in [5, 5.41) is 6.66. The highest BCUT2D eigenvalue weighted by atomic mass is 79.9. The van der Waals surface area contributed by atoms with Gasteiger partial charge in [0.2, 0.25) is 0 Å². The Balaban J connectivity index is 1.81. The number of anilines is 2. The summed E-state index contributed by atoms with van der Waals surface area (Å²) in [6.45, 7) is 0. The van der Waals surface area contributed by atoms with Crippen molar-refractivity contribution in [1.82, 2.24) is 4.98 Å². The first-order chi connectivity index (χ1) is 10.7. The van der Waals surface area contributed by atoms with Crippen LogP contribution >= 0.6 is 38.9 Å². The molecule has 0 saturated heterocycles. The Labute approximate surface area is 146 Å². The largest absolute Gasteiger partial charge is 0.495 e. The van der Waals surface area contributed by atoms with Crippen LogP contribution in [0, 0.1) is 0 Å². The molecule has 3 aromatic rings. The van der Waals surface area contributed by atoms with Crippen molar-refractivity contribution in [3.63, 3.8) is 0 Å². The van der Waals surface area contributed by atoms with Crippen LogP contribution in [0.4, 0.5) is 10.8 Å².